The number of ketones is 1. The Labute approximate surface area is 146 Å². The summed E-state index contributed by atoms with van der Waals surface area (Å²) >= 11 is 7.23. The molecular formula is C15H11ClN6OS. The molecule has 9 heteroatoms. The Bertz CT molecular complexity index is 928. The highest BCUT2D eigenvalue weighted by Crippen LogP contribution is 2.22. The number of rotatable bonds is 5. The van der Waals surface area contributed by atoms with E-state index in [0.29, 0.717) is 21.4 Å². The molecule has 3 aromatic rings. The molecule has 2 aromatic heterocycles. The van der Waals surface area contributed by atoms with Crippen LogP contribution < -0.4 is 0 Å². The van der Waals surface area contributed by atoms with Crippen molar-refractivity contribution in [3.63, 3.8) is 0 Å². The lowest BCUT2D eigenvalue weighted by Gasteiger charge is -2.03. The number of thiazole rings is 1. The molecule has 24 heavy (non-hydrogen) atoms. The summed E-state index contributed by atoms with van der Waals surface area (Å²) in [6, 6.07) is 9.02. The van der Waals surface area contributed by atoms with Crippen LogP contribution in [0.1, 0.15) is 16.6 Å². The molecule has 0 spiro atoms. The number of carbonyl (C=O) groups excluding carboxylic acids is 1. The topological polar surface area (TPSA) is 97.3 Å². The summed E-state index contributed by atoms with van der Waals surface area (Å²) in [6.45, 7) is 1.67. The lowest BCUT2D eigenvalue weighted by atomic mass is 10.1. The molecule has 1 atom stereocenters. The number of nitrogens with zero attached hydrogens (tertiary/aromatic N) is 6. The second-order valence-electron chi connectivity index (χ2n) is 5.01. The van der Waals surface area contributed by atoms with Crippen molar-refractivity contribution >= 4 is 28.7 Å². The van der Waals surface area contributed by atoms with E-state index >= 15 is 0 Å². The first-order valence-corrected chi connectivity index (χ1v) is 8.20. The van der Waals surface area contributed by atoms with Crippen LogP contribution in [0.3, 0.4) is 0 Å². The van der Waals surface area contributed by atoms with E-state index in [9.17, 15) is 10.1 Å². The number of aromatic nitrogens is 5. The van der Waals surface area contributed by atoms with Gasteiger partial charge in [-0.2, -0.15) is 10.1 Å². The van der Waals surface area contributed by atoms with Crippen molar-refractivity contribution in [3.8, 4) is 17.5 Å². The quantitative estimate of drug-likeness (QED) is 0.695. The molecule has 1 unspecified atom stereocenters. The fourth-order valence-electron chi connectivity index (χ4n) is 2.05. The van der Waals surface area contributed by atoms with Crippen molar-refractivity contribution in [2.45, 2.75) is 19.4 Å². The number of carbonyl (C=O) groups is 1. The highest BCUT2D eigenvalue weighted by Gasteiger charge is 2.24. The predicted octanol–water partition coefficient (Wildman–Crippen LogP) is 2.63. The van der Waals surface area contributed by atoms with Crippen LogP contribution in [0.4, 0.5) is 0 Å². The van der Waals surface area contributed by atoms with Gasteiger partial charge in [-0.3, -0.25) is 4.79 Å². The van der Waals surface area contributed by atoms with Gasteiger partial charge in [0.1, 0.15) is 11.6 Å². The van der Waals surface area contributed by atoms with Crippen LogP contribution in [-0.2, 0) is 11.3 Å². The molecule has 0 amide bonds. The molecule has 0 aliphatic rings. The van der Waals surface area contributed by atoms with Gasteiger partial charge in [0.05, 0.1) is 6.07 Å². The van der Waals surface area contributed by atoms with E-state index in [0.717, 1.165) is 5.69 Å². The van der Waals surface area contributed by atoms with Crippen LogP contribution in [0.5, 0.6) is 0 Å². The third-order valence-corrected chi connectivity index (χ3v) is 4.43. The molecule has 2 heterocycles. The summed E-state index contributed by atoms with van der Waals surface area (Å²) in [4.78, 5) is 17.7. The minimum atomic E-state index is -0.927. The zero-order valence-corrected chi connectivity index (χ0v) is 14.1. The van der Waals surface area contributed by atoms with E-state index in [1.165, 1.54) is 16.1 Å². The maximum Gasteiger partial charge on any atom is 0.204 e. The molecule has 3 rings (SSSR count). The van der Waals surface area contributed by atoms with Crippen LogP contribution in [0, 0.1) is 18.3 Å². The number of Topliss-reactive ketones (excluding diaryl/α,β-unsaturated/α-hetero) is 1. The number of aryl methyl sites for hydroxylation is 1. The average Bonchev–Trinajstić information content (AvgIpc) is 3.18. The molecule has 0 fully saturated rings. The van der Waals surface area contributed by atoms with Crippen LogP contribution in [0.15, 0.2) is 29.6 Å². The first-order chi connectivity index (χ1) is 11.6. The summed E-state index contributed by atoms with van der Waals surface area (Å²) in [5.41, 5.74) is 1.48. The molecule has 0 aliphatic carbocycles. The third kappa shape index (κ3) is 3.48. The summed E-state index contributed by atoms with van der Waals surface area (Å²) in [5.74, 6) is -0.893. The number of tetrazole rings is 1. The van der Waals surface area contributed by atoms with Gasteiger partial charge in [-0.15, -0.1) is 21.5 Å². The van der Waals surface area contributed by atoms with Gasteiger partial charge < -0.3 is 0 Å². The molecule has 0 radical (unpaired) electrons. The fraction of sp³-hybridized carbons (Fsp3) is 0.200. The van der Waals surface area contributed by atoms with Crippen molar-refractivity contribution in [1.29, 1.82) is 5.26 Å². The molecule has 0 aliphatic heterocycles. The van der Waals surface area contributed by atoms with Crippen molar-refractivity contribution in [2.24, 2.45) is 0 Å². The van der Waals surface area contributed by atoms with Gasteiger partial charge in [-0.25, -0.2) is 4.98 Å². The van der Waals surface area contributed by atoms with Crippen LogP contribution in [-0.4, -0.2) is 31.0 Å². The number of hydrogen-bond acceptors (Lipinski definition) is 7. The maximum atomic E-state index is 12.3. The molecule has 1 aromatic carbocycles. The zero-order valence-electron chi connectivity index (χ0n) is 12.5. The molecule has 7 nitrogen and oxygen atoms in total. The Morgan fingerprint density at radius 2 is 2.33 bits per heavy atom. The summed E-state index contributed by atoms with van der Waals surface area (Å²) in [7, 11) is 0. The van der Waals surface area contributed by atoms with Gasteiger partial charge in [0.25, 0.3) is 0 Å². The number of halogens is 1. The molecule has 0 saturated carbocycles. The van der Waals surface area contributed by atoms with Crippen LogP contribution >= 0.6 is 22.9 Å². The Morgan fingerprint density at radius 3 is 3.00 bits per heavy atom. The minimum absolute atomic E-state index is 0.148. The second kappa shape index (κ2) is 6.86. The zero-order chi connectivity index (χ0) is 17.1. The Kier molecular flexibility index (Phi) is 4.64. The second-order valence-corrected chi connectivity index (χ2v) is 6.34. The monoisotopic (exact) mass is 358 g/mol. The largest absolute Gasteiger partial charge is 0.296 e. The first kappa shape index (κ1) is 16.2. The van der Waals surface area contributed by atoms with Crippen molar-refractivity contribution < 1.29 is 4.79 Å². The predicted molar refractivity (Wildman–Crippen MR) is 88.5 cm³/mol. The summed E-state index contributed by atoms with van der Waals surface area (Å²) in [6.07, 6.45) is 0. The highest BCUT2D eigenvalue weighted by molar-refractivity contribution is 7.09. The highest BCUT2D eigenvalue weighted by atomic mass is 35.5. The van der Waals surface area contributed by atoms with Gasteiger partial charge >= 0.3 is 0 Å². The standard InChI is InChI=1S/C15H11ClN6OS/c1-9-8-24-15(18-9)12(6-17)13(23)7-22-20-14(19-21-22)10-3-2-4-11(16)5-10/h2-5,8,12H,7H2,1H3. The van der Waals surface area contributed by atoms with E-state index in [1.807, 2.05) is 13.0 Å². The molecular weight excluding hydrogens is 348 g/mol. The van der Waals surface area contributed by atoms with E-state index in [4.69, 9.17) is 11.6 Å². The first-order valence-electron chi connectivity index (χ1n) is 6.95. The van der Waals surface area contributed by atoms with E-state index < -0.39 is 5.92 Å². The van der Waals surface area contributed by atoms with Gasteiger partial charge in [-0.05, 0) is 24.3 Å². The SMILES string of the molecule is Cc1csc(C(C#N)C(=O)Cn2nnc(-c3cccc(Cl)c3)n2)n1. The lowest BCUT2D eigenvalue weighted by molar-refractivity contribution is -0.120. The average molecular weight is 359 g/mol. The van der Waals surface area contributed by atoms with Gasteiger partial charge in [0.15, 0.2) is 11.7 Å². The summed E-state index contributed by atoms with van der Waals surface area (Å²) < 4.78 is 0. The Hall–Kier alpha value is -2.63. The maximum absolute atomic E-state index is 12.3. The smallest absolute Gasteiger partial charge is 0.204 e. The van der Waals surface area contributed by atoms with E-state index in [-0.39, 0.29) is 12.3 Å². The Balaban J connectivity index is 1.77. The van der Waals surface area contributed by atoms with Gasteiger partial charge in [0.2, 0.25) is 5.82 Å². The van der Waals surface area contributed by atoms with Gasteiger partial charge in [-0.1, -0.05) is 23.7 Å². The Morgan fingerprint density at radius 1 is 1.50 bits per heavy atom. The lowest BCUT2D eigenvalue weighted by Crippen LogP contribution is -2.19. The number of benzene rings is 1. The fourth-order valence-corrected chi connectivity index (χ4v) is 3.10. The van der Waals surface area contributed by atoms with Crippen molar-refractivity contribution in [1.82, 2.24) is 25.2 Å². The molecule has 0 N–H and O–H groups in total. The molecule has 0 bridgehead atoms. The number of hydrogen-bond donors (Lipinski definition) is 0. The third-order valence-electron chi connectivity index (χ3n) is 3.17. The summed E-state index contributed by atoms with van der Waals surface area (Å²) in [5, 5.41) is 24.1. The normalized spacial score (nSPS) is 11.9. The van der Waals surface area contributed by atoms with E-state index in [1.54, 1.807) is 29.6 Å². The number of nitriles is 1. The van der Waals surface area contributed by atoms with Crippen LogP contribution in [0.25, 0.3) is 11.4 Å². The minimum Gasteiger partial charge on any atom is -0.296 e. The van der Waals surface area contributed by atoms with Crippen LogP contribution in [0.2, 0.25) is 5.02 Å². The van der Waals surface area contributed by atoms with Crippen molar-refractivity contribution in [2.75, 3.05) is 0 Å². The van der Waals surface area contributed by atoms with E-state index in [2.05, 4.69) is 20.4 Å². The molecule has 120 valence electrons. The molecule has 0 saturated heterocycles. The van der Waals surface area contributed by atoms with Crippen molar-refractivity contribution in [3.05, 3.63) is 45.4 Å². The van der Waals surface area contributed by atoms with Gasteiger partial charge in [0, 0.05) is 21.7 Å².